The van der Waals surface area contributed by atoms with E-state index in [1.807, 2.05) is 0 Å². The molecule has 0 amide bonds. The SMILES string of the molecule is CN(C)P1(=O)N(C)P(=O)(N(C)C)N1C. The lowest BCUT2D eigenvalue weighted by Gasteiger charge is -2.55. The third-order valence-corrected chi connectivity index (χ3v) is 10.4. The molecule has 14 heavy (non-hydrogen) atoms. The van der Waals surface area contributed by atoms with Crippen LogP contribution in [0.1, 0.15) is 0 Å². The van der Waals surface area contributed by atoms with E-state index in [1.165, 1.54) is 8.88 Å². The highest BCUT2D eigenvalue weighted by molar-refractivity contribution is 7.86. The van der Waals surface area contributed by atoms with Gasteiger partial charge in [-0.05, 0) is 28.2 Å². The van der Waals surface area contributed by atoms with Crippen LogP contribution in [0.25, 0.3) is 0 Å². The maximum atomic E-state index is 12.3. The van der Waals surface area contributed by atoms with Gasteiger partial charge in [0, 0.05) is 14.1 Å². The number of hydrogen-bond acceptors (Lipinski definition) is 2. The fraction of sp³-hybridized carbons (Fsp3) is 1.00. The zero-order valence-corrected chi connectivity index (χ0v) is 11.3. The molecule has 0 aromatic rings. The smallest absolute Gasteiger partial charge is 0.269 e. The van der Waals surface area contributed by atoms with Gasteiger partial charge in [-0.3, -0.25) is 9.13 Å². The quantitative estimate of drug-likeness (QED) is 0.676. The molecule has 0 radical (unpaired) electrons. The summed E-state index contributed by atoms with van der Waals surface area (Å²) in [5.74, 6) is 0. The van der Waals surface area contributed by atoms with Gasteiger partial charge >= 0.3 is 15.2 Å². The van der Waals surface area contributed by atoms with Crippen molar-refractivity contribution in [2.45, 2.75) is 0 Å². The number of rotatable bonds is 2. The Morgan fingerprint density at radius 3 is 1.14 bits per heavy atom. The van der Waals surface area contributed by atoms with Gasteiger partial charge in [0.2, 0.25) is 0 Å². The van der Waals surface area contributed by atoms with E-state index in [-0.39, 0.29) is 0 Å². The second kappa shape index (κ2) is 3.41. The van der Waals surface area contributed by atoms with Crippen LogP contribution in [0.5, 0.6) is 0 Å². The maximum absolute atomic E-state index is 12.3. The summed E-state index contributed by atoms with van der Waals surface area (Å²) in [6, 6.07) is 0. The summed E-state index contributed by atoms with van der Waals surface area (Å²) < 4.78 is 30.9. The fourth-order valence-electron chi connectivity index (χ4n) is 1.68. The topological polar surface area (TPSA) is 47.1 Å². The molecule has 0 aromatic carbocycles. The number of nitrogens with zero attached hydrogens (tertiary/aromatic N) is 4. The van der Waals surface area contributed by atoms with Crippen molar-refractivity contribution in [3.63, 3.8) is 0 Å². The Morgan fingerprint density at radius 1 is 0.786 bits per heavy atom. The van der Waals surface area contributed by atoms with Crippen LogP contribution in [-0.2, 0) is 9.13 Å². The van der Waals surface area contributed by atoms with Crippen molar-refractivity contribution >= 4 is 15.2 Å². The molecule has 84 valence electrons. The zero-order chi connectivity index (χ0) is 11.3. The predicted octanol–water partition coefficient (Wildman–Crippen LogP) is 1.20. The molecular formula is C6H18N4O2P2. The van der Waals surface area contributed by atoms with Gasteiger partial charge in [0.25, 0.3) is 0 Å². The van der Waals surface area contributed by atoms with Crippen LogP contribution in [0.3, 0.4) is 0 Å². The molecule has 0 bridgehead atoms. The first-order valence-corrected chi connectivity index (χ1v) is 7.38. The highest BCUT2D eigenvalue weighted by Gasteiger charge is 2.63. The Morgan fingerprint density at radius 2 is 1.00 bits per heavy atom. The third kappa shape index (κ3) is 1.19. The first kappa shape index (κ1) is 12.4. The third-order valence-electron chi connectivity index (χ3n) is 2.55. The summed E-state index contributed by atoms with van der Waals surface area (Å²) in [5, 5.41) is 0. The minimum Gasteiger partial charge on any atom is -0.269 e. The van der Waals surface area contributed by atoms with E-state index >= 15 is 0 Å². The largest absolute Gasteiger partial charge is 0.301 e. The van der Waals surface area contributed by atoms with Crippen LogP contribution in [0, 0.1) is 0 Å². The van der Waals surface area contributed by atoms with E-state index in [2.05, 4.69) is 0 Å². The summed E-state index contributed by atoms with van der Waals surface area (Å²) in [6.07, 6.45) is 0. The molecule has 8 heteroatoms. The average molecular weight is 240 g/mol. The molecule has 0 N–H and O–H groups in total. The summed E-state index contributed by atoms with van der Waals surface area (Å²) in [7, 11) is 4.74. The molecule has 1 aliphatic heterocycles. The van der Waals surface area contributed by atoms with Gasteiger partial charge in [0.1, 0.15) is 0 Å². The first-order valence-electron chi connectivity index (χ1n) is 4.25. The molecular weight excluding hydrogens is 222 g/mol. The Kier molecular flexibility index (Phi) is 3.01. The van der Waals surface area contributed by atoms with Crippen molar-refractivity contribution in [1.29, 1.82) is 0 Å². The standard InChI is InChI=1S/C6H18N4O2P2/c1-7(2)13(11)9(5)14(12,8(3)4)10(13)6/h1-6H3. The summed E-state index contributed by atoms with van der Waals surface area (Å²) >= 11 is 0. The van der Waals surface area contributed by atoms with Crippen molar-refractivity contribution in [3.8, 4) is 0 Å². The maximum Gasteiger partial charge on any atom is 0.301 e. The molecule has 1 saturated heterocycles. The van der Waals surface area contributed by atoms with Crippen molar-refractivity contribution in [2.24, 2.45) is 0 Å². The van der Waals surface area contributed by atoms with Gasteiger partial charge in [-0.2, -0.15) is 8.88 Å². The van der Waals surface area contributed by atoms with Gasteiger partial charge in [0.15, 0.2) is 0 Å². The average Bonchev–Trinajstić information content (AvgIpc) is 2.12. The fourth-order valence-corrected chi connectivity index (χ4v) is 9.77. The highest BCUT2D eigenvalue weighted by Crippen LogP contribution is 2.85. The zero-order valence-electron chi connectivity index (χ0n) is 9.50. The van der Waals surface area contributed by atoms with Gasteiger partial charge in [-0.1, -0.05) is 0 Å². The van der Waals surface area contributed by atoms with E-state index < -0.39 is 15.2 Å². The lowest BCUT2D eigenvalue weighted by Crippen LogP contribution is -2.47. The molecule has 1 heterocycles. The van der Waals surface area contributed by atoms with E-state index in [4.69, 9.17) is 0 Å². The van der Waals surface area contributed by atoms with E-state index in [1.54, 1.807) is 51.6 Å². The Hall–Kier alpha value is 0.300. The normalized spacial score (nSPS) is 40.6. The summed E-state index contributed by atoms with van der Waals surface area (Å²) in [5.41, 5.74) is 0. The second-order valence-electron chi connectivity index (χ2n) is 3.70. The van der Waals surface area contributed by atoms with Gasteiger partial charge < -0.3 is 0 Å². The molecule has 1 aliphatic rings. The summed E-state index contributed by atoms with van der Waals surface area (Å²) in [4.78, 5) is 0. The highest BCUT2D eigenvalue weighted by atomic mass is 31.3. The lowest BCUT2D eigenvalue weighted by molar-refractivity contribution is 0.338. The Labute approximate surface area is 85.5 Å². The molecule has 0 atom stereocenters. The predicted molar refractivity (Wildman–Crippen MR) is 58.1 cm³/mol. The van der Waals surface area contributed by atoms with Gasteiger partial charge in [-0.15, -0.1) is 0 Å². The molecule has 0 aromatic heterocycles. The van der Waals surface area contributed by atoms with Crippen LogP contribution in [0.4, 0.5) is 0 Å². The van der Waals surface area contributed by atoms with Crippen LogP contribution in [-0.4, -0.2) is 60.5 Å². The van der Waals surface area contributed by atoms with Crippen molar-refractivity contribution in [3.05, 3.63) is 0 Å². The molecule has 6 nitrogen and oxygen atoms in total. The van der Waals surface area contributed by atoms with Crippen molar-refractivity contribution in [2.75, 3.05) is 42.3 Å². The molecule has 1 fully saturated rings. The van der Waals surface area contributed by atoms with Crippen LogP contribution >= 0.6 is 15.2 Å². The first-order chi connectivity index (χ1) is 6.20. The second-order valence-corrected chi connectivity index (χ2v) is 10.4. The summed E-state index contributed by atoms with van der Waals surface area (Å²) in [6.45, 7) is 0. The molecule has 1 rings (SSSR count). The number of hydrogen-bond donors (Lipinski definition) is 0. The van der Waals surface area contributed by atoms with Crippen molar-refractivity contribution < 1.29 is 9.13 Å². The van der Waals surface area contributed by atoms with E-state index in [0.29, 0.717) is 0 Å². The molecule has 0 saturated carbocycles. The van der Waals surface area contributed by atoms with E-state index in [9.17, 15) is 9.13 Å². The van der Waals surface area contributed by atoms with Gasteiger partial charge in [0.05, 0.1) is 0 Å². The Bertz CT molecular complexity index is 282. The molecule has 0 spiro atoms. The van der Waals surface area contributed by atoms with Crippen LogP contribution in [0.15, 0.2) is 0 Å². The monoisotopic (exact) mass is 240 g/mol. The van der Waals surface area contributed by atoms with Crippen molar-refractivity contribution in [1.82, 2.24) is 18.2 Å². The minimum atomic E-state index is -2.73. The van der Waals surface area contributed by atoms with Crippen LogP contribution in [0.2, 0.25) is 0 Å². The Balaban J connectivity index is 3.08. The minimum absolute atomic E-state index is 1.49. The van der Waals surface area contributed by atoms with Gasteiger partial charge in [-0.25, -0.2) is 9.34 Å². The van der Waals surface area contributed by atoms with Crippen LogP contribution < -0.4 is 0 Å². The lowest BCUT2D eigenvalue weighted by atomic mass is 11.3. The van der Waals surface area contributed by atoms with E-state index in [0.717, 1.165) is 0 Å². The molecule has 0 unspecified atom stereocenters. The molecule has 0 aliphatic carbocycles.